The normalized spacial score (nSPS) is 13.6. The Balaban J connectivity index is 4.23. The fraction of sp³-hybridized carbons (Fsp3) is 0.943. The molecule has 0 aliphatic heterocycles. The molecule has 0 spiro atoms. The summed E-state index contributed by atoms with van der Waals surface area (Å²) in [5.74, 6) is -0.0314. The van der Waals surface area contributed by atoms with Crippen molar-refractivity contribution in [3.05, 3.63) is 0 Å². The first-order valence-electron chi connectivity index (χ1n) is 18.4. The molecule has 0 bridgehead atoms. The van der Waals surface area contributed by atoms with Gasteiger partial charge in [-0.1, -0.05) is 149 Å². The van der Waals surface area contributed by atoms with Crippen LogP contribution in [-0.2, 0) is 32.7 Å². The Kier molecular flexibility index (Phi) is 30.9. The molecule has 0 aromatic rings. The Morgan fingerprint density at radius 1 is 0.644 bits per heavy atom. The molecule has 0 aliphatic rings. The number of phosphoric acid groups is 1. The zero-order valence-electron chi connectivity index (χ0n) is 29.3. The summed E-state index contributed by atoms with van der Waals surface area (Å²) in [6.07, 6.45) is 25.7. The predicted molar refractivity (Wildman–Crippen MR) is 183 cm³/mol. The third-order valence-corrected chi connectivity index (χ3v) is 8.91. The summed E-state index contributed by atoms with van der Waals surface area (Å²) < 4.78 is 32.6. The van der Waals surface area contributed by atoms with Crippen LogP contribution in [0.5, 0.6) is 0 Å². The van der Waals surface area contributed by atoms with Crippen molar-refractivity contribution in [3.63, 3.8) is 0 Å². The van der Waals surface area contributed by atoms with Crippen molar-refractivity contribution in [2.24, 2.45) is 11.7 Å². The maximum Gasteiger partial charge on any atom is 0.472 e. The number of hydrogen-bond acceptors (Lipinski definition) is 8. The van der Waals surface area contributed by atoms with E-state index in [-0.39, 0.29) is 38.6 Å². The van der Waals surface area contributed by atoms with Gasteiger partial charge in [-0.2, -0.15) is 0 Å². The minimum Gasteiger partial charge on any atom is -0.462 e. The molecule has 0 radical (unpaired) electrons. The van der Waals surface area contributed by atoms with Crippen molar-refractivity contribution < 1.29 is 37.6 Å². The van der Waals surface area contributed by atoms with Crippen molar-refractivity contribution in [1.29, 1.82) is 0 Å². The smallest absolute Gasteiger partial charge is 0.462 e. The SMILES string of the molecule is CCCCCCCCCCCCCCC(=O)O[C@@H](COC(=O)CCCCCCCCCCCC(C)C)COP(=O)(O)OCCN. The van der Waals surface area contributed by atoms with E-state index in [2.05, 4.69) is 20.8 Å². The average molecular weight is 664 g/mol. The van der Waals surface area contributed by atoms with E-state index >= 15 is 0 Å². The fourth-order valence-corrected chi connectivity index (χ4v) is 5.94. The molecule has 9 nitrogen and oxygen atoms in total. The molecule has 3 N–H and O–H groups in total. The van der Waals surface area contributed by atoms with E-state index in [0.29, 0.717) is 6.42 Å². The number of esters is 2. The number of phosphoric ester groups is 1. The van der Waals surface area contributed by atoms with Crippen LogP contribution < -0.4 is 5.73 Å². The van der Waals surface area contributed by atoms with E-state index in [1.54, 1.807) is 0 Å². The molecule has 2 atom stereocenters. The number of unbranched alkanes of at least 4 members (excludes halogenated alkanes) is 19. The van der Waals surface area contributed by atoms with Crippen LogP contribution in [0, 0.1) is 5.92 Å². The third-order valence-electron chi connectivity index (χ3n) is 7.92. The van der Waals surface area contributed by atoms with Crippen LogP contribution in [-0.4, -0.2) is 49.3 Å². The average Bonchev–Trinajstić information content (AvgIpc) is 3.00. The lowest BCUT2D eigenvalue weighted by Gasteiger charge is -2.19. The minimum absolute atomic E-state index is 0.0570. The highest BCUT2D eigenvalue weighted by Gasteiger charge is 2.25. The van der Waals surface area contributed by atoms with E-state index in [4.69, 9.17) is 24.3 Å². The molecule has 10 heteroatoms. The first-order chi connectivity index (χ1) is 21.7. The minimum atomic E-state index is -4.36. The quantitative estimate of drug-likeness (QED) is 0.0392. The fourth-order valence-electron chi connectivity index (χ4n) is 5.17. The Hall–Kier alpha value is -0.990. The van der Waals surface area contributed by atoms with Gasteiger partial charge >= 0.3 is 19.8 Å². The third kappa shape index (κ3) is 32.7. The Bertz CT molecular complexity index is 736. The first-order valence-corrected chi connectivity index (χ1v) is 19.9. The molecule has 45 heavy (non-hydrogen) atoms. The van der Waals surface area contributed by atoms with Gasteiger partial charge < -0.3 is 20.1 Å². The molecular weight excluding hydrogens is 593 g/mol. The predicted octanol–water partition coefficient (Wildman–Crippen LogP) is 9.57. The number of carbonyl (C=O) groups is 2. The van der Waals surface area contributed by atoms with Crippen LogP contribution in [0.15, 0.2) is 0 Å². The molecule has 0 heterocycles. The second-order valence-electron chi connectivity index (χ2n) is 12.9. The maximum absolute atomic E-state index is 12.5. The lowest BCUT2D eigenvalue weighted by molar-refractivity contribution is -0.161. The molecule has 0 saturated heterocycles. The van der Waals surface area contributed by atoms with Crippen LogP contribution in [0.2, 0.25) is 0 Å². The molecule has 0 rings (SSSR count). The van der Waals surface area contributed by atoms with Gasteiger partial charge in [0.15, 0.2) is 6.10 Å². The lowest BCUT2D eigenvalue weighted by atomic mass is 10.0. The van der Waals surface area contributed by atoms with Crippen molar-refractivity contribution in [2.45, 2.75) is 181 Å². The van der Waals surface area contributed by atoms with Crippen LogP contribution in [0.1, 0.15) is 175 Å². The van der Waals surface area contributed by atoms with Gasteiger partial charge in [-0.15, -0.1) is 0 Å². The van der Waals surface area contributed by atoms with E-state index in [1.165, 1.54) is 103 Å². The number of carbonyl (C=O) groups excluding carboxylic acids is 2. The zero-order chi connectivity index (χ0) is 33.4. The van der Waals surface area contributed by atoms with Crippen molar-refractivity contribution in [3.8, 4) is 0 Å². The number of rotatable bonds is 34. The summed E-state index contributed by atoms with van der Waals surface area (Å²) >= 11 is 0. The molecule has 0 fully saturated rings. The van der Waals surface area contributed by atoms with Crippen LogP contribution in [0.3, 0.4) is 0 Å². The number of ether oxygens (including phenoxy) is 2. The molecule has 0 aromatic heterocycles. The summed E-state index contributed by atoms with van der Waals surface area (Å²) in [7, 11) is -4.36. The van der Waals surface area contributed by atoms with Gasteiger partial charge in [-0.3, -0.25) is 18.6 Å². The summed E-state index contributed by atoms with van der Waals surface area (Å²) in [4.78, 5) is 34.6. The Morgan fingerprint density at radius 2 is 1.09 bits per heavy atom. The number of hydrogen-bond donors (Lipinski definition) is 2. The molecule has 0 aliphatic carbocycles. The highest BCUT2D eigenvalue weighted by molar-refractivity contribution is 7.47. The molecule has 0 amide bonds. The second kappa shape index (κ2) is 31.6. The van der Waals surface area contributed by atoms with Crippen molar-refractivity contribution in [2.75, 3.05) is 26.4 Å². The van der Waals surface area contributed by atoms with Crippen LogP contribution in [0.4, 0.5) is 0 Å². The maximum atomic E-state index is 12.5. The summed E-state index contributed by atoms with van der Waals surface area (Å²) in [6.45, 7) is 6.03. The van der Waals surface area contributed by atoms with E-state index < -0.39 is 26.5 Å². The van der Waals surface area contributed by atoms with Crippen molar-refractivity contribution in [1.82, 2.24) is 0 Å². The summed E-state index contributed by atoms with van der Waals surface area (Å²) in [5.41, 5.74) is 5.32. The summed E-state index contributed by atoms with van der Waals surface area (Å²) in [6, 6.07) is 0. The molecule has 0 saturated carbocycles. The standard InChI is InChI=1S/C35H70NO8P/c1-4-5-6-7-8-9-10-11-14-18-21-24-27-35(38)44-33(31-43-45(39,40)42-29-28-36)30-41-34(37)26-23-20-17-15-12-13-16-19-22-25-32(2)3/h32-33H,4-31,36H2,1-3H3,(H,39,40)/t33-/m0/s1. The highest BCUT2D eigenvalue weighted by atomic mass is 31.2. The van der Waals surface area contributed by atoms with Crippen molar-refractivity contribution >= 4 is 19.8 Å². The molecule has 268 valence electrons. The highest BCUT2D eigenvalue weighted by Crippen LogP contribution is 2.43. The van der Waals surface area contributed by atoms with Gasteiger partial charge in [-0.05, 0) is 18.8 Å². The first kappa shape index (κ1) is 44.0. The van der Waals surface area contributed by atoms with Crippen LogP contribution in [0.25, 0.3) is 0 Å². The van der Waals surface area contributed by atoms with Gasteiger partial charge in [0.25, 0.3) is 0 Å². The Morgan fingerprint density at radius 3 is 1.56 bits per heavy atom. The van der Waals surface area contributed by atoms with Crippen LogP contribution >= 0.6 is 7.82 Å². The van der Waals surface area contributed by atoms with Gasteiger partial charge in [0.2, 0.25) is 0 Å². The van der Waals surface area contributed by atoms with E-state index in [1.807, 2.05) is 0 Å². The molecule has 0 aromatic carbocycles. The monoisotopic (exact) mass is 663 g/mol. The lowest BCUT2D eigenvalue weighted by Crippen LogP contribution is -2.29. The number of nitrogens with two attached hydrogens (primary N) is 1. The van der Waals surface area contributed by atoms with Gasteiger partial charge in [0, 0.05) is 19.4 Å². The Labute approximate surface area is 276 Å². The second-order valence-corrected chi connectivity index (χ2v) is 14.4. The van der Waals surface area contributed by atoms with E-state index in [0.717, 1.165) is 38.0 Å². The molecular formula is C35H70NO8P. The van der Waals surface area contributed by atoms with Gasteiger partial charge in [-0.25, -0.2) is 4.57 Å². The zero-order valence-corrected chi connectivity index (χ0v) is 30.2. The largest absolute Gasteiger partial charge is 0.472 e. The topological polar surface area (TPSA) is 134 Å². The van der Waals surface area contributed by atoms with E-state index in [9.17, 15) is 19.0 Å². The summed E-state index contributed by atoms with van der Waals surface area (Å²) in [5, 5.41) is 0. The van der Waals surface area contributed by atoms with Gasteiger partial charge in [0.1, 0.15) is 6.61 Å². The van der Waals surface area contributed by atoms with Gasteiger partial charge in [0.05, 0.1) is 13.2 Å². The molecule has 1 unspecified atom stereocenters.